The van der Waals surface area contributed by atoms with E-state index in [0.717, 1.165) is 6.54 Å². The van der Waals surface area contributed by atoms with Gasteiger partial charge in [0.2, 0.25) is 0 Å². The molecule has 1 aliphatic heterocycles. The number of quaternary nitrogens is 1. The molecule has 2 fully saturated rings. The van der Waals surface area contributed by atoms with Crippen molar-refractivity contribution in [2.45, 2.75) is 36.2 Å². The minimum Gasteiger partial charge on any atom is -1.00 e. The summed E-state index contributed by atoms with van der Waals surface area (Å²) in [7, 11) is -6.07. The molecule has 3 atom stereocenters. The number of nitrogens with two attached hydrogens (primary N) is 1. The minimum absolute atomic E-state index is 0. The summed E-state index contributed by atoms with van der Waals surface area (Å²) in [5, 5.41) is 0. The molecule has 11 heteroatoms. The van der Waals surface area contributed by atoms with Gasteiger partial charge in [0.15, 0.2) is 4.90 Å². The van der Waals surface area contributed by atoms with Crippen LogP contribution in [0.5, 0.6) is 0 Å². The topological polar surface area (TPSA) is 141 Å². The van der Waals surface area contributed by atoms with Crippen molar-refractivity contribution in [3.8, 4) is 0 Å². The Labute approximate surface area is 130 Å². The summed E-state index contributed by atoms with van der Waals surface area (Å²) >= 11 is 0. The lowest BCUT2D eigenvalue weighted by molar-refractivity contribution is -0.923. The predicted octanol–water partition coefficient (Wildman–Crippen LogP) is -3.37. The zero-order valence-electron chi connectivity index (χ0n) is 12.0. The Morgan fingerprint density at radius 2 is 1.57 bits per heavy atom. The van der Waals surface area contributed by atoms with Crippen LogP contribution < -0.4 is 18.1 Å². The van der Waals surface area contributed by atoms with E-state index in [4.69, 9.17) is 5.73 Å². The van der Waals surface area contributed by atoms with Gasteiger partial charge in [-0.25, -0.2) is 0 Å². The van der Waals surface area contributed by atoms with Crippen molar-refractivity contribution in [1.82, 2.24) is 0 Å². The second kappa shape index (κ2) is 5.55. The van der Waals surface area contributed by atoms with E-state index in [1.807, 2.05) is 14.1 Å². The van der Waals surface area contributed by atoms with Gasteiger partial charge in [-0.3, -0.25) is 9.13 Å². The summed E-state index contributed by atoms with van der Waals surface area (Å²) in [6.45, 7) is 0.737. The lowest BCUT2D eigenvalue weighted by Gasteiger charge is -2.45. The number of piperidine rings is 1. The van der Waals surface area contributed by atoms with Gasteiger partial charge in [0, 0.05) is 24.8 Å². The normalized spacial score (nSPS) is 34.9. The molecule has 0 aromatic carbocycles. The summed E-state index contributed by atoms with van der Waals surface area (Å²) < 4.78 is 24.1. The molecule has 1 saturated carbocycles. The van der Waals surface area contributed by atoms with Gasteiger partial charge < -0.3 is 42.2 Å². The molecule has 0 radical (unpaired) electrons. The maximum absolute atomic E-state index is 11.8. The van der Waals surface area contributed by atoms with E-state index in [1.54, 1.807) is 0 Å². The Morgan fingerprint density at radius 1 is 1.10 bits per heavy atom. The first kappa shape index (κ1) is 19.6. The number of halogens is 1. The highest BCUT2D eigenvalue weighted by atomic mass is 35.5. The Bertz CT molecular complexity index is 482. The Hall–Kier alpha value is 0.510. The summed E-state index contributed by atoms with van der Waals surface area (Å²) in [5.41, 5.74) is 6.03. The highest BCUT2D eigenvalue weighted by molar-refractivity contribution is 7.72. The average molecular weight is 365 g/mol. The molecule has 21 heavy (non-hydrogen) atoms. The molecular formula is C10H23ClN2O6P2. The average Bonchev–Trinajstić information content (AvgIpc) is 2.65. The monoisotopic (exact) mass is 364 g/mol. The van der Waals surface area contributed by atoms with Gasteiger partial charge in [-0.05, 0) is 6.42 Å². The second-order valence-corrected chi connectivity index (χ2v) is 10.9. The second-order valence-electron chi connectivity index (χ2n) is 6.66. The van der Waals surface area contributed by atoms with E-state index >= 15 is 0 Å². The highest BCUT2D eigenvalue weighted by Crippen LogP contribution is 2.76. The Balaban J connectivity index is 0.00000220. The molecule has 3 unspecified atom stereocenters. The molecule has 126 valence electrons. The number of likely N-dealkylation sites (tertiary alicyclic amines) is 1. The highest BCUT2D eigenvalue weighted by Gasteiger charge is 2.69. The number of nitrogens with zero attached hydrogens (tertiary/aromatic N) is 1. The summed E-state index contributed by atoms with van der Waals surface area (Å²) in [5.74, 6) is -0.279. The molecule has 0 aromatic heterocycles. The molecule has 1 saturated heterocycles. The van der Waals surface area contributed by atoms with Crippen LogP contribution in [-0.2, 0) is 9.13 Å². The third kappa shape index (κ3) is 2.99. The van der Waals surface area contributed by atoms with E-state index in [1.165, 1.54) is 0 Å². The summed E-state index contributed by atoms with van der Waals surface area (Å²) in [6.07, 6.45) is 0.286. The smallest absolute Gasteiger partial charge is 0.344 e. The minimum atomic E-state index is -4.95. The van der Waals surface area contributed by atoms with Crippen LogP contribution >= 0.6 is 15.2 Å². The standard InChI is InChI=1S/C10H22N2O6P2.ClH/c1-12(2)4-3-8(11)7-5-10(6-9(7)12,19(13,14)15)20(16,17)18;/h7-9H,3-6,11H2,1-2H3,(H3-,13,14,15,16,17,18);1H. The van der Waals surface area contributed by atoms with Crippen LogP contribution in [0.1, 0.15) is 19.3 Å². The van der Waals surface area contributed by atoms with Crippen molar-refractivity contribution in [2.75, 3.05) is 20.6 Å². The summed E-state index contributed by atoms with van der Waals surface area (Å²) in [4.78, 5) is 36.0. The van der Waals surface area contributed by atoms with E-state index in [0.29, 0.717) is 10.9 Å². The van der Waals surface area contributed by atoms with Crippen LogP contribution in [0.3, 0.4) is 0 Å². The van der Waals surface area contributed by atoms with E-state index < -0.39 is 20.1 Å². The fourth-order valence-corrected chi connectivity index (χ4v) is 6.90. The van der Waals surface area contributed by atoms with Gasteiger partial charge in [0.1, 0.15) is 0 Å². The fourth-order valence-electron chi connectivity index (χ4n) is 3.79. The third-order valence-corrected chi connectivity index (χ3v) is 9.63. The zero-order chi connectivity index (χ0) is 15.6. The van der Waals surface area contributed by atoms with Crippen molar-refractivity contribution in [3.05, 3.63) is 0 Å². The van der Waals surface area contributed by atoms with Gasteiger partial charge >= 0.3 is 15.2 Å². The van der Waals surface area contributed by atoms with Crippen LogP contribution in [0.4, 0.5) is 0 Å². The van der Waals surface area contributed by atoms with Crippen LogP contribution in [0.15, 0.2) is 0 Å². The van der Waals surface area contributed by atoms with Crippen LogP contribution in [0, 0.1) is 5.92 Å². The lowest BCUT2D eigenvalue weighted by Crippen LogP contribution is -3.00. The van der Waals surface area contributed by atoms with E-state index in [-0.39, 0.29) is 43.3 Å². The van der Waals surface area contributed by atoms with Crippen molar-refractivity contribution in [2.24, 2.45) is 11.7 Å². The number of fused-ring (bicyclic) bond motifs is 1. The van der Waals surface area contributed by atoms with Gasteiger partial charge in [-0.2, -0.15) is 0 Å². The van der Waals surface area contributed by atoms with Crippen molar-refractivity contribution >= 4 is 15.2 Å². The van der Waals surface area contributed by atoms with Crippen LogP contribution in [0.2, 0.25) is 0 Å². The first-order valence-electron chi connectivity index (χ1n) is 6.51. The van der Waals surface area contributed by atoms with Gasteiger partial charge in [0.05, 0.1) is 26.7 Å². The first-order valence-corrected chi connectivity index (χ1v) is 9.74. The third-order valence-electron chi connectivity index (χ3n) is 5.16. The molecule has 0 bridgehead atoms. The SMILES string of the molecule is C[N+]1(C)CCC(N)C2CC(P(=O)(O)O)(P(=O)(O)O)CC21.[Cl-]. The molecule has 2 rings (SSSR count). The molecule has 2 aliphatic rings. The number of hydrogen-bond acceptors (Lipinski definition) is 3. The van der Waals surface area contributed by atoms with Crippen LogP contribution in [-0.4, -0.2) is 61.7 Å². The van der Waals surface area contributed by atoms with E-state index in [9.17, 15) is 28.7 Å². The van der Waals surface area contributed by atoms with Gasteiger partial charge in [-0.1, -0.05) is 0 Å². The quantitative estimate of drug-likeness (QED) is 0.254. The van der Waals surface area contributed by atoms with Crippen molar-refractivity contribution < 1.29 is 45.6 Å². The predicted molar refractivity (Wildman–Crippen MR) is 72.9 cm³/mol. The summed E-state index contributed by atoms with van der Waals surface area (Å²) in [6, 6.07) is -0.509. The Morgan fingerprint density at radius 3 is 1.95 bits per heavy atom. The van der Waals surface area contributed by atoms with Crippen molar-refractivity contribution in [3.63, 3.8) is 0 Å². The van der Waals surface area contributed by atoms with Crippen molar-refractivity contribution in [1.29, 1.82) is 0 Å². The van der Waals surface area contributed by atoms with Gasteiger partial charge in [-0.15, -0.1) is 0 Å². The molecule has 0 aromatic rings. The first-order chi connectivity index (χ1) is 8.82. The molecular weight excluding hydrogens is 342 g/mol. The molecule has 1 heterocycles. The maximum Gasteiger partial charge on any atom is 0.344 e. The zero-order valence-corrected chi connectivity index (χ0v) is 14.5. The molecule has 0 spiro atoms. The molecule has 0 amide bonds. The molecule has 1 aliphatic carbocycles. The van der Waals surface area contributed by atoms with E-state index in [2.05, 4.69) is 0 Å². The molecule has 6 N–H and O–H groups in total. The fraction of sp³-hybridized carbons (Fsp3) is 1.00. The molecule has 8 nitrogen and oxygen atoms in total. The number of hydrogen-bond donors (Lipinski definition) is 5. The Kier molecular flexibility index (Phi) is 5.17. The van der Waals surface area contributed by atoms with Crippen LogP contribution in [0.25, 0.3) is 0 Å². The largest absolute Gasteiger partial charge is 1.00 e. The lowest BCUT2D eigenvalue weighted by atomic mass is 9.86. The maximum atomic E-state index is 11.8. The van der Waals surface area contributed by atoms with Gasteiger partial charge in [0.25, 0.3) is 0 Å². The number of rotatable bonds is 2.